The lowest BCUT2D eigenvalue weighted by Gasteiger charge is -2.11. The summed E-state index contributed by atoms with van der Waals surface area (Å²) in [6, 6.07) is 18.3. The van der Waals surface area contributed by atoms with Crippen LogP contribution in [0.1, 0.15) is 18.4 Å². The molecule has 0 aliphatic heterocycles. The van der Waals surface area contributed by atoms with Gasteiger partial charge in [-0.3, -0.25) is 19.3 Å². The van der Waals surface area contributed by atoms with Gasteiger partial charge in [0.05, 0.1) is 12.2 Å². The molecule has 0 amide bonds. The zero-order valence-corrected chi connectivity index (χ0v) is 22.2. The zero-order valence-electron chi connectivity index (χ0n) is 20.2. The molecule has 4 rings (SSSR count). The standard InChI is InChI=1S/C25H26N6O5Si/c26-36-22(32)2-1-15-30-24(33)29-23(31(25(30)34)16-17-3-9-21(37)10-4-17)28-18-5-7-19(8-6-18)35-20-11-13-27-14-12-20/h3-14H,1-2,15-16,26H2,37H3,(H,28,29,33). The number of nitrogens with zero attached hydrogens (tertiary/aromatic N) is 4. The monoisotopic (exact) mass is 518 g/mol. The number of aromatic amines is 1. The van der Waals surface area contributed by atoms with Crippen LogP contribution in [-0.4, -0.2) is 35.3 Å². The third-order valence-corrected chi connectivity index (χ3v) is 6.16. The Morgan fingerprint density at radius 3 is 2.32 bits per heavy atom. The first kappa shape index (κ1) is 25.5. The second-order valence-corrected chi connectivity index (χ2v) is 9.40. The van der Waals surface area contributed by atoms with Crippen molar-refractivity contribution in [3.63, 3.8) is 0 Å². The molecule has 0 spiro atoms. The van der Waals surface area contributed by atoms with E-state index >= 15 is 0 Å². The van der Waals surface area contributed by atoms with Gasteiger partial charge >= 0.3 is 17.3 Å². The Morgan fingerprint density at radius 2 is 1.65 bits per heavy atom. The van der Waals surface area contributed by atoms with Crippen molar-refractivity contribution < 1.29 is 14.4 Å². The van der Waals surface area contributed by atoms with Gasteiger partial charge in [0.15, 0.2) is 0 Å². The molecule has 11 nitrogen and oxygen atoms in total. The molecule has 0 saturated heterocycles. The van der Waals surface area contributed by atoms with Gasteiger partial charge in [0.25, 0.3) is 0 Å². The van der Waals surface area contributed by atoms with Gasteiger partial charge in [-0.1, -0.05) is 29.5 Å². The van der Waals surface area contributed by atoms with E-state index in [4.69, 9.17) is 10.6 Å². The first-order valence-electron chi connectivity index (χ1n) is 11.5. The summed E-state index contributed by atoms with van der Waals surface area (Å²) in [5, 5.41) is 1.22. The van der Waals surface area contributed by atoms with Crippen molar-refractivity contribution in [2.45, 2.75) is 25.9 Å². The summed E-state index contributed by atoms with van der Waals surface area (Å²) in [7, 11) is 0.914. The van der Waals surface area contributed by atoms with E-state index in [0.29, 0.717) is 17.2 Å². The fraction of sp³-hybridized carbons (Fsp3) is 0.160. The van der Waals surface area contributed by atoms with Crippen LogP contribution in [0.5, 0.6) is 11.5 Å². The van der Waals surface area contributed by atoms with Crippen LogP contribution in [-0.2, 0) is 22.7 Å². The van der Waals surface area contributed by atoms with E-state index in [-0.39, 0.29) is 31.5 Å². The SMILES string of the molecule is NOC(=O)CCCn1c(=O)[nH]/c(=N\c2ccc(Oc3ccncc3)cc2)n(Cc2ccc([SiH3])cc2)c1=O. The number of nitrogens with two attached hydrogens (primary N) is 1. The molecular weight excluding hydrogens is 492 g/mol. The topological polar surface area (TPSA) is 147 Å². The third kappa shape index (κ3) is 6.77. The van der Waals surface area contributed by atoms with E-state index in [1.54, 1.807) is 48.8 Å². The highest BCUT2D eigenvalue weighted by Crippen LogP contribution is 2.23. The number of hydrogen-bond acceptors (Lipinski definition) is 8. The zero-order chi connectivity index (χ0) is 26.2. The molecule has 0 aliphatic rings. The van der Waals surface area contributed by atoms with Crippen molar-refractivity contribution >= 4 is 27.1 Å². The molecule has 0 bridgehead atoms. The predicted molar refractivity (Wildman–Crippen MR) is 140 cm³/mol. The van der Waals surface area contributed by atoms with Crippen LogP contribution >= 0.6 is 0 Å². The summed E-state index contributed by atoms with van der Waals surface area (Å²) in [6.07, 6.45) is 3.46. The summed E-state index contributed by atoms with van der Waals surface area (Å²) in [5.74, 6) is 5.48. The number of ether oxygens (including phenoxy) is 1. The van der Waals surface area contributed by atoms with Crippen molar-refractivity contribution in [1.29, 1.82) is 0 Å². The second kappa shape index (κ2) is 11.9. The Kier molecular flexibility index (Phi) is 8.23. The second-order valence-electron chi connectivity index (χ2n) is 8.24. The number of benzene rings is 2. The van der Waals surface area contributed by atoms with E-state index in [0.717, 1.165) is 20.4 Å². The molecule has 4 aromatic rings. The van der Waals surface area contributed by atoms with Crippen LogP contribution in [0.15, 0.2) is 87.6 Å². The number of hydrogen-bond donors (Lipinski definition) is 2. The summed E-state index contributed by atoms with van der Waals surface area (Å²) in [6.45, 7) is 0.217. The molecule has 12 heteroatoms. The lowest BCUT2D eigenvalue weighted by molar-refractivity contribution is -0.144. The molecule has 2 aromatic carbocycles. The van der Waals surface area contributed by atoms with Crippen LogP contribution in [0.4, 0.5) is 5.69 Å². The molecule has 0 saturated carbocycles. The van der Waals surface area contributed by atoms with E-state index in [9.17, 15) is 14.4 Å². The van der Waals surface area contributed by atoms with E-state index in [1.165, 1.54) is 9.75 Å². The van der Waals surface area contributed by atoms with E-state index < -0.39 is 17.3 Å². The molecule has 190 valence electrons. The minimum absolute atomic E-state index is 0.0179. The normalized spacial score (nSPS) is 11.4. The minimum Gasteiger partial charge on any atom is -0.457 e. The lowest BCUT2D eigenvalue weighted by Crippen LogP contribution is -2.50. The fourth-order valence-electron chi connectivity index (χ4n) is 3.55. The van der Waals surface area contributed by atoms with Gasteiger partial charge in [-0.2, -0.15) is 5.90 Å². The Bertz CT molecular complexity index is 1540. The largest absolute Gasteiger partial charge is 0.457 e. The number of carbonyl (C=O) groups is 1. The van der Waals surface area contributed by atoms with Crippen LogP contribution in [0.2, 0.25) is 0 Å². The van der Waals surface area contributed by atoms with Crippen molar-refractivity contribution in [2.75, 3.05) is 0 Å². The first-order chi connectivity index (χ1) is 17.9. The quantitative estimate of drug-likeness (QED) is 0.234. The maximum atomic E-state index is 13.4. The summed E-state index contributed by atoms with van der Waals surface area (Å²) in [5.41, 5.74) is 0.323. The molecular formula is C25H26N6O5Si. The maximum absolute atomic E-state index is 13.4. The Hall–Kier alpha value is -4.55. The summed E-state index contributed by atoms with van der Waals surface area (Å²) in [4.78, 5) is 52.8. The molecule has 0 radical (unpaired) electrons. The average Bonchev–Trinajstić information content (AvgIpc) is 2.91. The maximum Gasteiger partial charge on any atom is 0.335 e. The van der Waals surface area contributed by atoms with Gasteiger partial charge in [-0.25, -0.2) is 19.1 Å². The Morgan fingerprint density at radius 1 is 0.973 bits per heavy atom. The number of aromatic nitrogens is 4. The molecule has 0 aliphatic carbocycles. The minimum atomic E-state index is -0.631. The van der Waals surface area contributed by atoms with Crippen LogP contribution in [0.3, 0.4) is 0 Å². The highest BCUT2D eigenvalue weighted by atomic mass is 28.1. The number of nitrogens with one attached hydrogen (secondary N) is 1. The smallest absolute Gasteiger partial charge is 0.335 e. The van der Waals surface area contributed by atoms with Crippen molar-refractivity contribution in [3.8, 4) is 11.5 Å². The first-order valence-corrected chi connectivity index (χ1v) is 12.5. The number of pyridine rings is 1. The van der Waals surface area contributed by atoms with Crippen LogP contribution in [0.25, 0.3) is 0 Å². The number of carbonyl (C=O) groups excluding carboxylic acids is 1. The molecule has 0 fully saturated rings. The molecule has 0 unspecified atom stereocenters. The Balaban J connectivity index is 1.69. The highest BCUT2D eigenvalue weighted by Gasteiger charge is 2.11. The number of rotatable bonds is 9. The summed E-state index contributed by atoms with van der Waals surface area (Å²) < 4.78 is 8.21. The van der Waals surface area contributed by atoms with Gasteiger partial charge in [0.2, 0.25) is 5.62 Å². The van der Waals surface area contributed by atoms with Crippen molar-refractivity contribution in [1.82, 2.24) is 19.1 Å². The van der Waals surface area contributed by atoms with E-state index in [2.05, 4.69) is 19.8 Å². The predicted octanol–water partition coefficient (Wildman–Crippen LogP) is -0.00610. The van der Waals surface area contributed by atoms with Gasteiger partial charge in [-0.05, 0) is 48.4 Å². The summed E-state index contributed by atoms with van der Waals surface area (Å²) >= 11 is 0. The Labute approximate surface area is 214 Å². The van der Waals surface area contributed by atoms with Gasteiger partial charge in [0, 0.05) is 35.6 Å². The van der Waals surface area contributed by atoms with Crippen LogP contribution in [0, 0.1) is 0 Å². The molecule has 0 atom stereocenters. The highest BCUT2D eigenvalue weighted by molar-refractivity contribution is 6.32. The average molecular weight is 519 g/mol. The third-order valence-electron chi connectivity index (χ3n) is 5.49. The molecule has 2 aromatic heterocycles. The number of H-pyrrole nitrogens is 1. The van der Waals surface area contributed by atoms with Crippen molar-refractivity contribution in [2.24, 2.45) is 10.9 Å². The molecule has 2 heterocycles. The van der Waals surface area contributed by atoms with Gasteiger partial charge in [0.1, 0.15) is 11.5 Å². The lowest BCUT2D eigenvalue weighted by atomic mass is 10.2. The van der Waals surface area contributed by atoms with E-state index in [1.807, 2.05) is 24.3 Å². The van der Waals surface area contributed by atoms with Gasteiger partial charge < -0.3 is 9.57 Å². The van der Waals surface area contributed by atoms with Crippen LogP contribution < -0.4 is 32.8 Å². The van der Waals surface area contributed by atoms with Crippen molar-refractivity contribution in [3.05, 3.63) is 105 Å². The fourth-order valence-corrected chi connectivity index (χ4v) is 3.88. The van der Waals surface area contributed by atoms with Gasteiger partial charge in [-0.15, -0.1) is 0 Å². The molecule has 37 heavy (non-hydrogen) atoms. The molecule has 3 N–H and O–H groups in total.